The summed E-state index contributed by atoms with van der Waals surface area (Å²) in [5, 5.41) is 21.4. The van der Waals surface area contributed by atoms with E-state index >= 15 is 0 Å². The molecule has 1 atom stereocenters. The first-order valence-corrected chi connectivity index (χ1v) is 3.00. The quantitative estimate of drug-likeness (QED) is 0.333. The lowest BCUT2D eigenvalue weighted by Crippen LogP contribution is -3.46. The van der Waals surface area contributed by atoms with Crippen molar-refractivity contribution in [2.45, 2.75) is 13.8 Å². The third-order valence-corrected chi connectivity index (χ3v) is 1.18. The number of nitrogens with one attached hydrogen (secondary N) is 1. The molecule has 0 bridgehead atoms. The maximum atomic E-state index is 10.5. The number of hydrogen-bond donors (Lipinski definition) is 2. The van der Waals surface area contributed by atoms with E-state index in [1.807, 2.05) is 13.8 Å². The van der Waals surface area contributed by atoms with Crippen LogP contribution in [0, 0.1) is 10.4 Å². The number of hydrogen-bond acceptors (Lipinski definition) is 3. The van der Waals surface area contributed by atoms with E-state index in [0.29, 0.717) is 18.7 Å². The lowest BCUT2D eigenvalue weighted by atomic mass is 10.6. The Labute approximate surface area is 54.3 Å². The molecule has 0 aliphatic carbocycles. The Morgan fingerprint density at radius 1 is 1.44 bits per heavy atom. The zero-order chi connectivity index (χ0) is 7.28. The van der Waals surface area contributed by atoms with Gasteiger partial charge in [0, 0.05) is 0 Å². The van der Waals surface area contributed by atoms with E-state index in [-0.39, 0.29) is 0 Å². The first-order chi connectivity index (χ1) is 4.26. The summed E-state index contributed by atoms with van der Waals surface area (Å²) in [5.41, 5.74) is 0.340. The van der Waals surface area contributed by atoms with Crippen molar-refractivity contribution in [1.82, 2.24) is 5.01 Å². The van der Waals surface area contributed by atoms with Crippen LogP contribution >= 0.6 is 0 Å². The van der Waals surface area contributed by atoms with Crippen LogP contribution in [0.1, 0.15) is 13.8 Å². The van der Waals surface area contributed by atoms with Crippen LogP contribution in [0.25, 0.3) is 0 Å². The van der Waals surface area contributed by atoms with Gasteiger partial charge in [-0.1, -0.05) is 0 Å². The third-order valence-electron chi connectivity index (χ3n) is 1.18. The molecule has 0 amide bonds. The fourth-order valence-electron chi connectivity index (χ4n) is 0.610. The summed E-state index contributed by atoms with van der Waals surface area (Å²) in [6, 6.07) is 0. The van der Waals surface area contributed by atoms with Gasteiger partial charge in [-0.05, 0) is 13.8 Å². The molecule has 0 saturated carbocycles. The minimum Gasteiger partial charge on any atom is -0.584 e. The molecular weight excluding hydrogens is 122 g/mol. The van der Waals surface area contributed by atoms with Crippen LogP contribution in [0.3, 0.4) is 0 Å². The molecule has 56 valence electrons. The average Bonchev–Trinajstić information content (AvgIpc) is 1.90. The van der Waals surface area contributed by atoms with Crippen LogP contribution in [0.4, 0.5) is 0 Å². The molecule has 9 heavy (non-hydrogen) atoms. The van der Waals surface area contributed by atoms with E-state index in [4.69, 9.17) is 0 Å². The Balaban J connectivity index is 3.50. The largest absolute Gasteiger partial charge is 0.584 e. The fraction of sp³-hybridized carbons (Fsp3) is 1.00. The Kier molecular flexibility index (Phi) is 4.55. The fourth-order valence-corrected chi connectivity index (χ4v) is 0.610. The Hall–Kier alpha value is -0.200. The molecule has 0 fully saturated rings. The molecule has 0 aromatic heterocycles. The maximum absolute atomic E-state index is 10.5. The van der Waals surface area contributed by atoms with Crippen molar-refractivity contribution < 1.29 is 10.9 Å². The SMILES string of the molecule is CCN(CC)[NH+]([O-])[NH2+][O-]. The van der Waals surface area contributed by atoms with Gasteiger partial charge in [0.2, 0.25) is 0 Å². The summed E-state index contributed by atoms with van der Waals surface area (Å²) in [6.45, 7) is 4.89. The number of nitrogens with two attached hydrogens (primary N) is 1. The van der Waals surface area contributed by atoms with Gasteiger partial charge in [0.15, 0.2) is 0 Å². The molecule has 5 heteroatoms. The van der Waals surface area contributed by atoms with Gasteiger partial charge < -0.3 is 10.4 Å². The molecule has 0 aliphatic rings. The van der Waals surface area contributed by atoms with E-state index < -0.39 is 5.28 Å². The van der Waals surface area contributed by atoms with Crippen molar-refractivity contribution in [3.8, 4) is 0 Å². The van der Waals surface area contributed by atoms with Crippen LogP contribution in [-0.2, 0) is 0 Å². The van der Waals surface area contributed by atoms with E-state index in [0.717, 1.165) is 0 Å². The minimum atomic E-state index is -0.431. The smallest absolute Gasteiger partial charge is 0.0504 e. The van der Waals surface area contributed by atoms with Crippen LogP contribution in [0.15, 0.2) is 0 Å². The summed E-state index contributed by atoms with van der Waals surface area (Å²) >= 11 is 0. The normalized spacial score (nSPS) is 14.3. The summed E-state index contributed by atoms with van der Waals surface area (Å²) in [6.07, 6.45) is 0. The van der Waals surface area contributed by atoms with Crippen LogP contribution in [0.2, 0.25) is 0 Å². The molecular formula is C4H13N3O2. The van der Waals surface area contributed by atoms with Crippen molar-refractivity contribution in [2.24, 2.45) is 0 Å². The van der Waals surface area contributed by atoms with Gasteiger partial charge in [-0.25, -0.2) is 5.59 Å². The van der Waals surface area contributed by atoms with Crippen molar-refractivity contribution in [2.75, 3.05) is 13.1 Å². The first-order valence-electron chi connectivity index (χ1n) is 3.00. The van der Waals surface area contributed by atoms with Gasteiger partial charge in [0.25, 0.3) is 0 Å². The first kappa shape index (κ1) is 8.80. The van der Waals surface area contributed by atoms with Gasteiger partial charge in [0.05, 0.1) is 13.1 Å². The second-order valence-electron chi connectivity index (χ2n) is 1.63. The molecule has 5 nitrogen and oxygen atoms in total. The van der Waals surface area contributed by atoms with Gasteiger partial charge >= 0.3 is 0 Å². The van der Waals surface area contributed by atoms with E-state index in [9.17, 15) is 10.4 Å². The highest BCUT2D eigenvalue weighted by Crippen LogP contribution is 1.68. The highest BCUT2D eigenvalue weighted by Gasteiger charge is 2.03. The highest BCUT2D eigenvalue weighted by molar-refractivity contribution is 4.28. The number of rotatable bonds is 4. The molecule has 0 radical (unpaired) electrons. The Morgan fingerprint density at radius 3 is 2.00 bits per heavy atom. The molecule has 0 spiro atoms. The summed E-state index contributed by atoms with van der Waals surface area (Å²) in [4.78, 5) is 0. The van der Waals surface area contributed by atoms with Crippen LogP contribution in [0.5, 0.6) is 0 Å². The van der Waals surface area contributed by atoms with Crippen LogP contribution < -0.4 is 10.9 Å². The lowest BCUT2D eigenvalue weighted by Gasteiger charge is -2.28. The predicted molar refractivity (Wildman–Crippen MR) is 32.5 cm³/mol. The average molecular weight is 135 g/mol. The third kappa shape index (κ3) is 2.73. The second-order valence-corrected chi connectivity index (χ2v) is 1.63. The highest BCUT2D eigenvalue weighted by atomic mass is 16.7. The van der Waals surface area contributed by atoms with Crippen molar-refractivity contribution >= 4 is 0 Å². The summed E-state index contributed by atoms with van der Waals surface area (Å²) in [5.74, 6) is 0. The summed E-state index contributed by atoms with van der Waals surface area (Å²) < 4.78 is 0. The Morgan fingerprint density at radius 2 is 1.89 bits per heavy atom. The van der Waals surface area contributed by atoms with Crippen molar-refractivity contribution in [3.05, 3.63) is 10.4 Å². The molecule has 0 rings (SSSR count). The number of quaternary nitrogens is 2. The molecule has 3 N–H and O–H groups in total. The zero-order valence-corrected chi connectivity index (χ0v) is 5.76. The molecule has 0 aliphatic heterocycles. The van der Waals surface area contributed by atoms with Crippen molar-refractivity contribution in [1.29, 1.82) is 0 Å². The van der Waals surface area contributed by atoms with E-state index in [1.165, 1.54) is 5.01 Å². The molecule has 0 aromatic carbocycles. The molecule has 1 unspecified atom stereocenters. The number of nitrogens with zero attached hydrogens (tertiary/aromatic N) is 1. The second kappa shape index (κ2) is 4.66. The molecule has 0 aromatic rings. The summed E-state index contributed by atoms with van der Waals surface area (Å²) in [7, 11) is 0. The van der Waals surface area contributed by atoms with Crippen molar-refractivity contribution in [3.63, 3.8) is 0 Å². The van der Waals surface area contributed by atoms with E-state index in [2.05, 4.69) is 0 Å². The lowest BCUT2D eigenvalue weighted by molar-refractivity contribution is -1.41. The predicted octanol–water partition coefficient (Wildman–Crippen LogP) is -2.40. The maximum Gasteiger partial charge on any atom is 0.0504 e. The molecule has 0 heterocycles. The Bertz CT molecular complexity index is 66.8. The monoisotopic (exact) mass is 135 g/mol. The molecule has 0 saturated heterocycles. The van der Waals surface area contributed by atoms with E-state index in [1.54, 1.807) is 0 Å². The standard InChI is InChI=1S/C4H13N3O2/c1-3-6(4-2)7(9)5-8/h7H,3-5H2,1-2H3. The minimum absolute atomic E-state index is 0.340. The van der Waals surface area contributed by atoms with Crippen LogP contribution in [-0.4, -0.2) is 18.1 Å². The zero-order valence-electron chi connectivity index (χ0n) is 5.76. The van der Waals surface area contributed by atoms with Gasteiger partial charge in [-0.15, -0.1) is 10.3 Å². The van der Waals surface area contributed by atoms with Gasteiger partial charge in [-0.3, -0.25) is 0 Å². The van der Waals surface area contributed by atoms with Gasteiger partial charge in [0.1, 0.15) is 0 Å². The topological polar surface area (TPSA) is 70.4 Å². The van der Waals surface area contributed by atoms with Gasteiger partial charge in [-0.2, -0.15) is 0 Å².